The lowest BCUT2D eigenvalue weighted by molar-refractivity contribution is -0.121. The smallest absolute Gasteiger partial charge is 0.242 e. The number of nitrogens with one attached hydrogen (secondary N) is 1. The number of nitrogens with zero attached hydrogens (tertiary/aromatic N) is 3. The number of carbonyl (C=O) groups excluding carboxylic acids is 2. The van der Waals surface area contributed by atoms with Crippen molar-refractivity contribution < 1.29 is 9.59 Å². The van der Waals surface area contributed by atoms with E-state index in [1.807, 2.05) is 4.90 Å². The Bertz CT molecular complexity index is 521. The molecule has 0 saturated carbocycles. The zero-order chi connectivity index (χ0) is 14.0. The molecule has 0 radical (unpaired) electrons. The summed E-state index contributed by atoms with van der Waals surface area (Å²) in [5.41, 5.74) is 0.239. The van der Waals surface area contributed by atoms with Crippen molar-refractivity contribution in [3.63, 3.8) is 0 Å². The number of halogens is 1. The van der Waals surface area contributed by atoms with E-state index in [1.165, 1.54) is 0 Å². The fraction of sp³-hybridized carbons (Fsp3) is 0.500. The van der Waals surface area contributed by atoms with Crippen LogP contribution in [0.4, 0.5) is 5.82 Å². The number of amides is 1. The quantitative estimate of drug-likeness (QED) is 0.660. The number of likely N-dealkylation sites (N-methyl/N-ethyl adjacent to an activating group) is 1. The molecule has 0 spiro atoms. The topological polar surface area (TPSA) is 75.2 Å². The van der Waals surface area contributed by atoms with Crippen molar-refractivity contribution in [3.8, 4) is 0 Å². The van der Waals surface area contributed by atoms with Crippen LogP contribution in [0.2, 0.25) is 5.15 Å². The van der Waals surface area contributed by atoms with E-state index in [0.717, 1.165) is 12.8 Å². The van der Waals surface area contributed by atoms with Gasteiger partial charge >= 0.3 is 0 Å². The predicted octanol–water partition coefficient (Wildman–Crippen LogP) is 0.966. The summed E-state index contributed by atoms with van der Waals surface area (Å²) in [5, 5.41) is 2.75. The average molecular weight is 283 g/mol. The number of hydrogen-bond donors (Lipinski definition) is 1. The van der Waals surface area contributed by atoms with E-state index >= 15 is 0 Å². The van der Waals surface area contributed by atoms with Gasteiger partial charge in [0.1, 0.15) is 22.8 Å². The average Bonchev–Trinajstić information content (AvgIpc) is 2.86. The van der Waals surface area contributed by atoms with E-state index in [1.54, 1.807) is 14.0 Å². The highest BCUT2D eigenvalue weighted by atomic mass is 35.5. The number of aromatic nitrogens is 2. The van der Waals surface area contributed by atoms with Gasteiger partial charge in [-0.15, -0.1) is 0 Å². The number of carbonyl (C=O) groups is 2. The molecule has 6 nitrogen and oxygen atoms in total. The first-order valence-corrected chi connectivity index (χ1v) is 6.43. The van der Waals surface area contributed by atoms with Gasteiger partial charge in [-0.25, -0.2) is 9.97 Å². The summed E-state index contributed by atoms with van der Waals surface area (Å²) in [4.78, 5) is 33.1. The van der Waals surface area contributed by atoms with Gasteiger partial charge in [0.15, 0.2) is 6.29 Å². The molecule has 1 saturated heterocycles. The third-order valence-corrected chi connectivity index (χ3v) is 3.47. The molecular formula is C12H15ClN4O2. The Balaban J connectivity index is 2.45. The summed E-state index contributed by atoms with van der Waals surface area (Å²) in [6, 6.07) is -0.311. The van der Waals surface area contributed by atoms with Crippen LogP contribution in [0.5, 0.6) is 0 Å². The van der Waals surface area contributed by atoms with E-state index in [-0.39, 0.29) is 22.7 Å². The molecule has 2 heterocycles. The number of rotatable bonds is 3. The van der Waals surface area contributed by atoms with Gasteiger partial charge in [-0.1, -0.05) is 11.6 Å². The van der Waals surface area contributed by atoms with Crippen molar-refractivity contribution in [1.29, 1.82) is 0 Å². The van der Waals surface area contributed by atoms with Crippen molar-refractivity contribution in [2.45, 2.75) is 25.8 Å². The maximum absolute atomic E-state index is 11.8. The van der Waals surface area contributed by atoms with Gasteiger partial charge in [-0.2, -0.15) is 0 Å². The summed E-state index contributed by atoms with van der Waals surface area (Å²) in [6.45, 7) is 2.38. The second kappa shape index (κ2) is 5.52. The van der Waals surface area contributed by atoms with Gasteiger partial charge < -0.3 is 10.2 Å². The van der Waals surface area contributed by atoms with Crippen molar-refractivity contribution in [3.05, 3.63) is 16.5 Å². The summed E-state index contributed by atoms with van der Waals surface area (Å²) in [5.74, 6) is 0.841. The minimum Gasteiger partial charge on any atom is -0.357 e. The van der Waals surface area contributed by atoms with Crippen molar-refractivity contribution in [1.82, 2.24) is 15.3 Å². The van der Waals surface area contributed by atoms with E-state index in [0.29, 0.717) is 24.5 Å². The SMILES string of the molecule is CNC(=O)C1CCCN1c1nc(C)nc(Cl)c1C=O. The second-order valence-electron chi connectivity index (χ2n) is 4.38. The third-order valence-electron chi connectivity index (χ3n) is 3.18. The minimum absolute atomic E-state index is 0.0817. The van der Waals surface area contributed by atoms with E-state index < -0.39 is 0 Å². The monoisotopic (exact) mass is 282 g/mol. The van der Waals surface area contributed by atoms with Crippen LogP contribution < -0.4 is 10.2 Å². The Morgan fingerprint density at radius 2 is 2.26 bits per heavy atom. The molecule has 1 aromatic heterocycles. The lowest BCUT2D eigenvalue weighted by Gasteiger charge is -2.25. The number of hydrogen-bond acceptors (Lipinski definition) is 5. The Kier molecular flexibility index (Phi) is 3.99. The normalized spacial score (nSPS) is 18.5. The van der Waals surface area contributed by atoms with Gasteiger partial charge in [0.05, 0.1) is 5.56 Å². The van der Waals surface area contributed by atoms with Crippen LogP contribution in [-0.2, 0) is 4.79 Å². The first kappa shape index (κ1) is 13.7. The number of aryl methyl sites for hydroxylation is 1. The Hall–Kier alpha value is -1.69. The molecule has 1 fully saturated rings. The van der Waals surface area contributed by atoms with Crippen LogP contribution in [0.15, 0.2) is 0 Å². The maximum atomic E-state index is 11.8. The van der Waals surface area contributed by atoms with Crippen LogP contribution in [0.1, 0.15) is 29.0 Å². The predicted molar refractivity (Wildman–Crippen MR) is 71.6 cm³/mol. The van der Waals surface area contributed by atoms with Gasteiger partial charge in [0.2, 0.25) is 5.91 Å². The van der Waals surface area contributed by atoms with E-state index in [4.69, 9.17) is 11.6 Å². The minimum atomic E-state index is -0.311. The molecular weight excluding hydrogens is 268 g/mol. The number of aldehydes is 1. The number of anilines is 1. The first-order valence-electron chi connectivity index (χ1n) is 6.06. The molecule has 1 aliphatic rings. The van der Waals surface area contributed by atoms with Crippen LogP contribution in [0, 0.1) is 6.92 Å². The molecule has 0 aliphatic carbocycles. The standard InChI is InChI=1S/C12H15ClN4O2/c1-7-15-10(13)8(6-18)11(16-7)17-5-3-4-9(17)12(19)14-2/h6,9H,3-5H2,1-2H3,(H,14,19). The molecule has 1 unspecified atom stereocenters. The highest BCUT2D eigenvalue weighted by molar-refractivity contribution is 6.32. The van der Waals surface area contributed by atoms with Gasteiger partial charge in [-0.3, -0.25) is 9.59 Å². The molecule has 19 heavy (non-hydrogen) atoms. The lowest BCUT2D eigenvalue weighted by atomic mass is 10.2. The van der Waals surface area contributed by atoms with Crippen molar-refractivity contribution >= 4 is 29.6 Å². The largest absolute Gasteiger partial charge is 0.357 e. The Morgan fingerprint density at radius 3 is 2.89 bits per heavy atom. The maximum Gasteiger partial charge on any atom is 0.242 e. The molecule has 1 N–H and O–H groups in total. The molecule has 0 aromatic carbocycles. The summed E-state index contributed by atoms with van der Waals surface area (Å²) in [6.07, 6.45) is 2.24. The van der Waals surface area contributed by atoms with Gasteiger partial charge in [-0.05, 0) is 19.8 Å². The van der Waals surface area contributed by atoms with Crippen molar-refractivity contribution in [2.75, 3.05) is 18.5 Å². The van der Waals surface area contributed by atoms with Crippen LogP contribution in [0.25, 0.3) is 0 Å². The van der Waals surface area contributed by atoms with Crippen LogP contribution in [0.3, 0.4) is 0 Å². The molecule has 7 heteroatoms. The molecule has 0 bridgehead atoms. The molecule has 1 amide bonds. The van der Waals surface area contributed by atoms with Crippen LogP contribution >= 0.6 is 11.6 Å². The van der Waals surface area contributed by atoms with E-state index in [2.05, 4.69) is 15.3 Å². The zero-order valence-electron chi connectivity index (χ0n) is 10.8. The molecule has 2 rings (SSSR count). The van der Waals surface area contributed by atoms with E-state index in [9.17, 15) is 9.59 Å². The Morgan fingerprint density at radius 1 is 1.53 bits per heavy atom. The summed E-state index contributed by atoms with van der Waals surface area (Å²) in [7, 11) is 1.59. The molecule has 1 atom stereocenters. The highest BCUT2D eigenvalue weighted by Gasteiger charge is 2.33. The Labute approximate surface area is 116 Å². The van der Waals surface area contributed by atoms with Crippen LogP contribution in [-0.4, -0.2) is 41.8 Å². The summed E-state index contributed by atoms with van der Waals surface area (Å²) >= 11 is 5.96. The second-order valence-corrected chi connectivity index (χ2v) is 4.74. The molecule has 102 valence electrons. The van der Waals surface area contributed by atoms with Crippen molar-refractivity contribution in [2.24, 2.45) is 0 Å². The fourth-order valence-electron chi connectivity index (χ4n) is 2.31. The molecule has 1 aromatic rings. The first-order chi connectivity index (χ1) is 9.08. The summed E-state index contributed by atoms with van der Waals surface area (Å²) < 4.78 is 0. The zero-order valence-corrected chi connectivity index (χ0v) is 11.6. The fourth-order valence-corrected chi connectivity index (χ4v) is 2.56. The van der Waals surface area contributed by atoms with Gasteiger partial charge in [0, 0.05) is 13.6 Å². The molecule has 1 aliphatic heterocycles. The van der Waals surface area contributed by atoms with Gasteiger partial charge in [0.25, 0.3) is 0 Å². The lowest BCUT2D eigenvalue weighted by Crippen LogP contribution is -2.42. The highest BCUT2D eigenvalue weighted by Crippen LogP contribution is 2.29. The third kappa shape index (κ3) is 2.53.